The molecule has 2 rings (SSSR count). The van der Waals surface area contributed by atoms with Crippen molar-refractivity contribution in [3.05, 3.63) is 42.0 Å². The number of rotatable bonds is 6. The van der Waals surface area contributed by atoms with Gasteiger partial charge < -0.3 is 11.1 Å². The molecule has 0 aliphatic rings. The summed E-state index contributed by atoms with van der Waals surface area (Å²) in [6.07, 6.45) is 4.77. The van der Waals surface area contributed by atoms with Gasteiger partial charge in [0, 0.05) is 17.6 Å². The third kappa shape index (κ3) is 4.53. The Morgan fingerprint density at radius 2 is 2.04 bits per heavy atom. The quantitative estimate of drug-likeness (QED) is 0.846. The largest absolute Gasteiger partial charge is 0.350 e. The molecule has 1 aromatic carbocycles. The maximum atomic E-state index is 12.3. The number of carbonyl (C=O) groups excluding carboxylic acids is 1. The maximum Gasteiger partial charge on any atom is 0.251 e. The molecular weight excluding hydrogens is 314 g/mol. The smallest absolute Gasteiger partial charge is 0.251 e. The molecule has 0 aliphatic heterocycles. The van der Waals surface area contributed by atoms with Crippen molar-refractivity contribution in [3.8, 4) is 5.69 Å². The van der Waals surface area contributed by atoms with Gasteiger partial charge in [0.2, 0.25) is 0 Å². The van der Waals surface area contributed by atoms with Gasteiger partial charge in [0.25, 0.3) is 5.91 Å². The Morgan fingerprint density at radius 3 is 2.57 bits per heavy atom. The van der Waals surface area contributed by atoms with Gasteiger partial charge in [-0.1, -0.05) is 13.8 Å². The van der Waals surface area contributed by atoms with E-state index < -0.39 is 0 Å². The summed E-state index contributed by atoms with van der Waals surface area (Å²) in [5, 5.41) is 7.03. The number of benzene rings is 1. The van der Waals surface area contributed by atoms with Crippen LogP contribution in [0.5, 0.6) is 0 Å². The zero-order valence-electron chi connectivity index (χ0n) is 13.7. The van der Waals surface area contributed by atoms with Crippen molar-refractivity contribution in [2.24, 2.45) is 5.73 Å². The third-order valence-corrected chi connectivity index (χ3v) is 4.13. The van der Waals surface area contributed by atoms with Crippen molar-refractivity contribution in [3.63, 3.8) is 0 Å². The van der Waals surface area contributed by atoms with Crippen LogP contribution in [0.2, 0.25) is 0 Å². The monoisotopic (exact) mass is 337 g/mol. The van der Waals surface area contributed by atoms with Crippen molar-refractivity contribution in [2.45, 2.75) is 39.2 Å². The minimum atomic E-state index is -0.342. The van der Waals surface area contributed by atoms with Gasteiger partial charge >= 0.3 is 0 Å². The van der Waals surface area contributed by atoms with Crippen molar-refractivity contribution in [1.82, 2.24) is 20.1 Å². The SMILES string of the molecule is CCC(N)(CC)CNC(=O)c1ccc(-n2cncn2)c(C)c1.Cl. The van der Waals surface area contributed by atoms with Crippen LogP contribution in [0.25, 0.3) is 5.69 Å². The molecule has 7 heteroatoms. The highest BCUT2D eigenvalue weighted by Crippen LogP contribution is 2.15. The molecule has 23 heavy (non-hydrogen) atoms. The van der Waals surface area contributed by atoms with Crippen molar-refractivity contribution >= 4 is 18.3 Å². The molecule has 6 nitrogen and oxygen atoms in total. The fourth-order valence-corrected chi connectivity index (χ4v) is 2.24. The first kappa shape index (κ1) is 19.1. The van der Waals surface area contributed by atoms with E-state index in [-0.39, 0.29) is 23.9 Å². The van der Waals surface area contributed by atoms with Gasteiger partial charge in [0.05, 0.1) is 5.69 Å². The first-order chi connectivity index (χ1) is 10.5. The maximum absolute atomic E-state index is 12.3. The molecule has 2 aromatic rings. The fraction of sp³-hybridized carbons (Fsp3) is 0.438. The van der Waals surface area contributed by atoms with E-state index in [2.05, 4.69) is 15.4 Å². The van der Waals surface area contributed by atoms with Gasteiger partial charge in [-0.2, -0.15) is 5.10 Å². The molecule has 0 saturated carbocycles. The Kier molecular flexibility index (Phi) is 6.72. The lowest BCUT2D eigenvalue weighted by Gasteiger charge is -2.26. The summed E-state index contributed by atoms with van der Waals surface area (Å²) in [5.74, 6) is -0.107. The average Bonchev–Trinajstić information content (AvgIpc) is 3.06. The highest BCUT2D eigenvalue weighted by molar-refractivity contribution is 5.94. The first-order valence-electron chi connectivity index (χ1n) is 7.52. The number of halogens is 1. The minimum absolute atomic E-state index is 0. The molecule has 0 spiro atoms. The van der Waals surface area contributed by atoms with Crippen LogP contribution < -0.4 is 11.1 Å². The van der Waals surface area contributed by atoms with Crippen molar-refractivity contribution in [2.75, 3.05) is 6.54 Å². The zero-order valence-corrected chi connectivity index (χ0v) is 14.6. The van der Waals surface area contributed by atoms with E-state index in [4.69, 9.17) is 5.73 Å². The van der Waals surface area contributed by atoms with E-state index in [1.165, 1.54) is 6.33 Å². The molecule has 1 heterocycles. The lowest BCUT2D eigenvalue weighted by molar-refractivity contribution is 0.0942. The fourth-order valence-electron chi connectivity index (χ4n) is 2.24. The van der Waals surface area contributed by atoms with E-state index in [1.54, 1.807) is 17.1 Å². The Labute approximate surface area is 142 Å². The standard InChI is InChI=1S/C16H23N5O.ClH/c1-4-16(17,5-2)9-19-15(22)13-6-7-14(12(3)8-13)21-11-18-10-20-21;/h6-8,10-11H,4-5,9,17H2,1-3H3,(H,19,22);1H. The molecule has 0 bridgehead atoms. The van der Waals surface area contributed by atoms with Gasteiger partial charge in [0.15, 0.2) is 0 Å². The Morgan fingerprint density at radius 1 is 1.35 bits per heavy atom. The lowest BCUT2D eigenvalue weighted by Crippen LogP contribution is -2.49. The number of nitrogens with two attached hydrogens (primary N) is 1. The van der Waals surface area contributed by atoms with E-state index in [1.807, 2.05) is 32.9 Å². The molecular formula is C16H24ClN5O. The molecule has 1 amide bonds. The lowest BCUT2D eigenvalue weighted by atomic mass is 9.94. The highest BCUT2D eigenvalue weighted by Gasteiger charge is 2.21. The number of hydrogen-bond donors (Lipinski definition) is 2. The van der Waals surface area contributed by atoms with Gasteiger partial charge in [-0.25, -0.2) is 9.67 Å². The number of nitrogens with zero attached hydrogens (tertiary/aromatic N) is 3. The summed E-state index contributed by atoms with van der Waals surface area (Å²) in [6.45, 7) is 6.49. The van der Waals surface area contributed by atoms with Crippen LogP contribution in [-0.4, -0.2) is 32.8 Å². The summed E-state index contributed by atoms with van der Waals surface area (Å²) < 4.78 is 1.68. The molecule has 126 valence electrons. The summed E-state index contributed by atoms with van der Waals surface area (Å²) in [5.41, 5.74) is 8.36. The molecule has 1 aromatic heterocycles. The summed E-state index contributed by atoms with van der Waals surface area (Å²) in [6, 6.07) is 5.51. The van der Waals surface area contributed by atoms with Gasteiger partial charge in [-0.3, -0.25) is 4.79 Å². The highest BCUT2D eigenvalue weighted by atomic mass is 35.5. The number of amides is 1. The summed E-state index contributed by atoms with van der Waals surface area (Å²) in [4.78, 5) is 16.2. The van der Waals surface area contributed by atoms with Crippen LogP contribution in [0.4, 0.5) is 0 Å². The van der Waals surface area contributed by atoms with Crippen molar-refractivity contribution in [1.29, 1.82) is 0 Å². The first-order valence-corrected chi connectivity index (χ1v) is 7.52. The van der Waals surface area contributed by atoms with Gasteiger partial charge in [0.1, 0.15) is 12.7 Å². The van der Waals surface area contributed by atoms with E-state index in [9.17, 15) is 4.79 Å². The Balaban J connectivity index is 0.00000264. The van der Waals surface area contributed by atoms with Crippen LogP contribution in [-0.2, 0) is 0 Å². The molecule has 0 unspecified atom stereocenters. The molecule has 3 N–H and O–H groups in total. The molecule has 0 radical (unpaired) electrons. The minimum Gasteiger partial charge on any atom is -0.350 e. The summed E-state index contributed by atoms with van der Waals surface area (Å²) >= 11 is 0. The second-order valence-corrected chi connectivity index (χ2v) is 5.59. The van der Waals surface area contributed by atoms with Crippen LogP contribution in [0.3, 0.4) is 0 Å². The number of aromatic nitrogens is 3. The molecule has 0 atom stereocenters. The average molecular weight is 338 g/mol. The Bertz CT molecular complexity index is 638. The predicted molar refractivity (Wildman–Crippen MR) is 93.2 cm³/mol. The molecule has 0 saturated heterocycles. The second-order valence-electron chi connectivity index (χ2n) is 5.59. The number of hydrogen-bond acceptors (Lipinski definition) is 4. The molecule has 0 fully saturated rings. The van der Waals surface area contributed by atoms with Gasteiger partial charge in [-0.15, -0.1) is 12.4 Å². The summed E-state index contributed by atoms with van der Waals surface area (Å²) in [7, 11) is 0. The van der Waals surface area contributed by atoms with Gasteiger partial charge in [-0.05, 0) is 43.5 Å². The predicted octanol–water partition coefficient (Wildman–Crippen LogP) is 2.24. The van der Waals surface area contributed by atoms with Crippen LogP contribution >= 0.6 is 12.4 Å². The zero-order chi connectivity index (χ0) is 16.2. The van der Waals surface area contributed by atoms with E-state index in [0.29, 0.717) is 12.1 Å². The topological polar surface area (TPSA) is 85.8 Å². The third-order valence-electron chi connectivity index (χ3n) is 4.13. The van der Waals surface area contributed by atoms with E-state index in [0.717, 1.165) is 24.1 Å². The van der Waals surface area contributed by atoms with E-state index >= 15 is 0 Å². The second kappa shape index (κ2) is 8.08. The molecule has 0 aliphatic carbocycles. The van der Waals surface area contributed by atoms with Crippen LogP contribution in [0.1, 0.15) is 42.6 Å². The number of aryl methyl sites for hydroxylation is 1. The normalized spacial score (nSPS) is 11.0. The Hall–Kier alpha value is -1.92. The number of nitrogens with one attached hydrogen (secondary N) is 1. The van der Waals surface area contributed by atoms with Crippen LogP contribution in [0.15, 0.2) is 30.9 Å². The van der Waals surface area contributed by atoms with Crippen LogP contribution in [0, 0.1) is 6.92 Å². The van der Waals surface area contributed by atoms with Crippen molar-refractivity contribution < 1.29 is 4.79 Å². The number of carbonyl (C=O) groups is 1.